The number of hydrogen-bond acceptors (Lipinski definition) is 5. The number of hydrogen-bond donors (Lipinski definition) is 1. The number of fused-ring (bicyclic) bond motifs is 4. The van der Waals surface area contributed by atoms with Crippen molar-refractivity contribution in [3.8, 4) is 17.2 Å². The number of carbonyl (C=O) groups is 2. The van der Waals surface area contributed by atoms with Crippen LogP contribution < -0.4 is 4.74 Å². The van der Waals surface area contributed by atoms with E-state index >= 15 is 8.78 Å². The van der Waals surface area contributed by atoms with Gasteiger partial charge in [-0.2, -0.15) is 8.78 Å². The van der Waals surface area contributed by atoms with Gasteiger partial charge in [-0.15, -0.1) is 5.54 Å². The monoisotopic (exact) mass is 708 g/mol. The molecule has 0 heterocycles. The van der Waals surface area contributed by atoms with Crippen LogP contribution in [0.5, 0.6) is 5.75 Å². The SMILES string of the molecule is CC(C)[Si](C#CC(F)(F)[C@]1(O)CCC2C3CCC4=CC(=O)CCC4=C3[C@@H](c3cccc(OCC(=O)OC(C)(C)C)c3)C[C@@]21C)(C(C)C)C(C)C. The summed E-state index contributed by atoms with van der Waals surface area (Å²) in [5, 5.41) is 12.5. The van der Waals surface area contributed by atoms with Gasteiger partial charge in [0.25, 0.3) is 0 Å². The number of ketones is 1. The van der Waals surface area contributed by atoms with Crippen LogP contribution in [-0.4, -0.2) is 48.7 Å². The molecule has 50 heavy (non-hydrogen) atoms. The quantitative estimate of drug-likeness (QED) is 0.165. The fourth-order valence-corrected chi connectivity index (χ4v) is 15.8. The summed E-state index contributed by atoms with van der Waals surface area (Å²) in [5.41, 5.74) is 4.14. The molecule has 0 amide bonds. The third kappa shape index (κ3) is 6.67. The molecule has 2 saturated carbocycles. The van der Waals surface area contributed by atoms with Gasteiger partial charge < -0.3 is 14.6 Å². The molecular weight excluding hydrogens is 651 g/mol. The van der Waals surface area contributed by atoms with Gasteiger partial charge >= 0.3 is 11.9 Å². The number of alkyl halides is 2. The van der Waals surface area contributed by atoms with E-state index in [1.807, 2.05) is 25.1 Å². The summed E-state index contributed by atoms with van der Waals surface area (Å²) < 4.78 is 45.2. The van der Waals surface area contributed by atoms with Crippen molar-refractivity contribution < 1.29 is 33.0 Å². The van der Waals surface area contributed by atoms with E-state index in [-0.39, 0.29) is 53.2 Å². The summed E-state index contributed by atoms with van der Waals surface area (Å²) in [5.74, 6) is -1.36. The Morgan fingerprint density at radius 2 is 1.70 bits per heavy atom. The van der Waals surface area contributed by atoms with Gasteiger partial charge in [-0.3, -0.25) is 4.79 Å². The molecule has 0 spiro atoms. The first kappa shape index (κ1) is 38.5. The van der Waals surface area contributed by atoms with E-state index in [9.17, 15) is 14.7 Å². The van der Waals surface area contributed by atoms with Crippen LogP contribution in [0.25, 0.3) is 0 Å². The van der Waals surface area contributed by atoms with E-state index < -0.39 is 36.6 Å². The zero-order chi connectivity index (χ0) is 37.0. The van der Waals surface area contributed by atoms with E-state index in [4.69, 9.17) is 9.47 Å². The van der Waals surface area contributed by atoms with E-state index in [0.717, 1.165) is 24.0 Å². The smallest absolute Gasteiger partial charge is 0.344 e. The number of halogens is 2. The Labute approximate surface area is 299 Å². The van der Waals surface area contributed by atoms with Crippen molar-refractivity contribution in [1.82, 2.24) is 0 Å². The first-order valence-corrected chi connectivity index (χ1v) is 21.0. The molecular formula is C42H58F2O5Si. The Kier molecular flexibility index (Phi) is 10.5. The Morgan fingerprint density at radius 3 is 2.32 bits per heavy atom. The molecule has 2 unspecified atom stereocenters. The highest BCUT2D eigenvalue weighted by molar-refractivity contribution is 6.90. The van der Waals surface area contributed by atoms with Crippen LogP contribution in [0, 0.1) is 28.7 Å². The molecule has 4 aliphatic carbocycles. The van der Waals surface area contributed by atoms with Crippen LogP contribution in [0.15, 0.2) is 47.1 Å². The summed E-state index contributed by atoms with van der Waals surface area (Å²) in [6.07, 6.45) is 5.15. The summed E-state index contributed by atoms with van der Waals surface area (Å²) in [6, 6.07) is 7.54. The average molecular weight is 709 g/mol. The molecule has 0 bridgehead atoms. The third-order valence-electron chi connectivity index (χ3n) is 12.7. The minimum Gasteiger partial charge on any atom is -0.482 e. The van der Waals surface area contributed by atoms with Gasteiger partial charge in [0, 0.05) is 17.8 Å². The molecule has 0 aromatic heterocycles. The maximum Gasteiger partial charge on any atom is 0.344 e. The van der Waals surface area contributed by atoms with Crippen molar-refractivity contribution in [1.29, 1.82) is 0 Å². The molecule has 2 fully saturated rings. The van der Waals surface area contributed by atoms with Crippen molar-refractivity contribution in [3.05, 3.63) is 52.6 Å². The lowest BCUT2D eigenvalue weighted by Crippen LogP contribution is -2.60. The maximum atomic E-state index is 16.9. The molecule has 274 valence electrons. The van der Waals surface area contributed by atoms with Crippen LogP contribution in [0.2, 0.25) is 16.6 Å². The van der Waals surface area contributed by atoms with E-state index in [1.54, 1.807) is 32.9 Å². The highest BCUT2D eigenvalue weighted by atomic mass is 28.3. The Balaban J connectivity index is 1.59. The van der Waals surface area contributed by atoms with Gasteiger partial charge in [-0.25, -0.2) is 4.79 Å². The lowest BCUT2D eigenvalue weighted by molar-refractivity contribution is -0.209. The van der Waals surface area contributed by atoms with Crippen molar-refractivity contribution in [2.24, 2.45) is 17.3 Å². The molecule has 0 saturated heterocycles. The highest BCUT2D eigenvalue weighted by Crippen LogP contribution is 2.69. The predicted molar refractivity (Wildman–Crippen MR) is 197 cm³/mol. The molecule has 0 aliphatic heterocycles. The van der Waals surface area contributed by atoms with Crippen LogP contribution in [0.3, 0.4) is 0 Å². The molecule has 5 nitrogen and oxygen atoms in total. The Bertz CT molecular complexity index is 1600. The number of carbonyl (C=O) groups excluding carboxylic acids is 2. The first-order valence-electron chi connectivity index (χ1n) is 18.7. The van der Waals surface area contributed by atoms with Gasteiger partial charge in [0.2, 0.25) is 0 Å². The zero-order valence-electron chi connectivity index (χ0n) is 31.8. The first-order chi connectivity index (χ1) is 23.2. The van der Waals surface area contributed by atoms with Gasteiger partial charge in [-0.1, -0.05) is 66.2 Å². The van der Waals surface area contributed by atoms with E-state index in [0.29, 0.717) is 31.4 Å². The van der Waals surface area contributed by atoms with Crippen LogP contribution in [0.1, 0.15) is 126 Å². The highest BCUT2D eigenvalue weighted by Gasteiger charge is 2.71. The number of benzene rings is 1. The molecule has 4 aliphatic rings. The molecule has 8 heteroatoms. The summed E-state index contributed by atoms with van der Waals surface area (Å²) in [4.78, 5) is 24.9. The van der Waals surface area contributed by atoms with Gasteiger partial charge in [0.1, 0.15) is 25.0 Å². The Hall–Kier alpha value is -2.76. The number of ether oxygens (including phenoxy) is 2. The third-order valence-corrected chi connectivity index (χ3v) is 19.0. The van der Waals surface area contributed by atoms with E-state index in [2.05, 4.69) is 53.0 Å². The lowest BCUT2D eigenvalue weighted by atomic mass is 9.50. The fraction of sp³-hybridized carbons (Fsp3) is 0.667. The van der Waals surface area contributed by atoms with E-state index in [1.165, 1.54) is 11.1 Å². The van der Waals surface area contributed by atoms with Gasteiger partial charge in [0.05, 0.1) is 0 Å². The van der Waals surface area contributed by atoms with Gasteiger partial charge in [0.15, 0.2) is 12.4 Å². The number of rotatable bonds is 8. The molecule has 1 aromatic carbocycles. The minimum absolute atomic E-state index is 0.00122. The summed E-state index contributed by atoms with van der Waals surface area (Å²) in [7, 11) is -2.48. The van der Waals surface area contributed by atoms with Crippen LogP contribution >= 0.6 is 0 Å². The molecule has 0 radical (unpaired) electrons. The molecule has 1 N–H and O–H groups in total. The number of esters is 1. The van der Waals surface area contributed by atoms with Gasteiger partial charge in [-0.05, 0) is 129 Å². The minimum atomic E-state index is -3.60. The fourth-order valence-electron chi connectivity index (χ4n) is 10.5. The lowest BCUT2D eigenvalue weighted by Gasteiger charge is -2.55. The van der Waals surface area contributed by atoms with Crippen LogP contribution in [0.4, 0.5) is 8.78 Å². The van der Waals surface area contributed by atoms with Crippen LogP contribution in [-0.2, 0) is 14.3 Å². The second-order valence-corrected chi connectivity index (χ2v) is 23.1. The normalized spacial score (nSPS) is 28.5. The second kappa shape index (κ2) is 13.7. The summed E-state index contributed by atoms with van der Waals surface area (Å²) in [6.45, 7) is 19.7. The molecule has 5 atom stereocenters. The topological polar surface area (TPSA) is 72.8 Å². The van der Waals surface area contributed by atoms with Crippen molar-refractivity contribution in [3.63, 3.8) is 0 Å². The average Bonchev–Trinajstić information content (AvgIpc) is 3.30. The van der Waals surface area contributed by atoms with Crippen molar-refractivity contribution in [2.45, 2.75) is 154 Å². The van der Waals surface area contributed by atoms with Crippen molar-refractivity contribution in [2.75, 3.05) is 6.61 Å². The Morgan fingerprint density at radius 1 is 1.04 bits per heavy atom. The largest absolute Gasteiger partial charge is 0.482 e. The zero-order valence-corrected chi connectivity index (χ0v) is 32.8. The summed E-state index contributed by atoms with van der Waals surface area (Å²) >= 11 is 0. The molecule has 1 aromatic rings. The number of allylic oxidation sites excluding steroid dienone is 4. The second-order valence-electron chi connectivity index (χ2n) is 17.6. The molecule has 5 rings (SSSR count). The predicted octanol–water partition coefficient (Wildman–Crippen LogP) is 9.89. The van der Waals surface area contributed by atoms with Crippen molar-refractivity contribution >= 4 is 19.8 Å². The standard InChI is InChI=1S/C42H58F2O5Si/c1-26(2)50(27(3)4,28(5)6)21-20-42(43,44)41(47)19-18-36-34-16-14-30-22-31(45)15-17-33(30)38(34)35(24-40(36,41)10)29-12-11-13-32(23-29)48-25-37(46)49-39(7,8)9/h11-13,22-23,26-28,34-36,47H,14-19,24-25H2,1-10H3/t34?,35-,36?,40+,41+/m1/s1. The maximum absolute atomic E-state index is 16.9. The number of aliphatic hydroxyl groups is 1.